The average Bonchev–Trinajstić information content (AvgIpc) is 3.20. The Balaban J connectivity index is 1.30. The average molecular weight is 430 g/mol. The standard InChI is InChI=1S/C23H30FN4O3/c1-17(18-5-3-2-4-6-18)31-28(30)23-10-7-22(8-11-23,9-12-23)26-15-21(29)27-16-19(24)13-20(27)14-25/h2-6,17,19-20,26H,7-13,15-16H2,1H3/q-1/t17?,19-,20?,22?,23?/m0/s1. The summed E-state index contributed by atoms with van der Waals surface area (Å²) in [6.45, 7) is 1.98. The summed E-state index contributed by atoms with van der Waals surface area (Å²) in [5.41, 5.74) is 0.271. The molecular weight excluding hydrogens is 399 g/mol. The Bertz CT molecular complexity index is 805. The lowest BCUT2D eigenvalue weighted by Gasteiger charge is -2.59. The van der Waals surface area contributed by atoms with Crippen molar-refractivity contribution in [1.29, 1.82) is 5.26 Å². The molecule has 3 aliphatic carbocycles. The zero-order chi connectivity index (χ0) is 22.1. The molecule has 1 aromatic carbocycles. The summed E-state index contributed by atoms with van der Waals surface area (Å²) in [7, 11) is 0. The Morgan fingerprint density at radius 2 is 1.97 bits per heavy atom. The minimum Gasteiger partial charge on any atom is -0.762 e. The number of hydrogen-bond donors (Lipinski definition) is 1. The molecule has 5 rings (SSSR count). The number of amides is 1. The number of fused-ring (bicyclic) bond motifs is 3. The number of halogens is 1. The van der Waals surface area contributed by atoms with Crippen LogP contribution in [0, 0.1) is 16.5 Å². The van der Waals surface area contributed by atoms with Gasteiger partial charge < -0.3 is 20.3 Å². The molecule has 1 aromatic rings. The van der Waals surface area contributed by atoms with Gasteiger partial charge in [0.25, 0.3) is 0 Å². The predicted octanol–water partition coefficient (Wildman–Crippen LogP) is 3.38. The van der Waals surface area contributed by atoms with Gasteiger partial charge in [0.1, 0.15) is 18.3 Å². The molecule has 1 N–H and O–H groups in total. The molecule has 4 aliphatic rings. The molecule has 1 heterocycles. The molecule has 0 radical (unpaired) electrons. The highest BCUT2D eigenvalue weighted by molar-refractivity contribution is 5.79. The molecule has 3 saturated carbocycles. The maximum atomic E-state index is 13.6. The van der Waals surface area contributed by atoms with Crippen molar-refractivity contribution in [2.75, 3.05) is 13.1 Å². The van der Waals surface area contributed by atoms with Crippen molar-refractivity contribution in [3.8, 4) is 6.07 Å². The van der Waals surface area contributed by atoms with E-state index in [0.29, 0.717) is 19.3 Å². The Morgan fingerprint density at radius 1 is 1.32 bits per heavy atom. The number of rotatable bonds is 7. The van der Waals surface area contributed by atoms with Crippen LogP contribution < -0.4 is 5.32 Å². The van der Waals surface area contributed by atoms with Crippen LogP contribution in [0.1, 0.15) is 63.5 Å². The number of alkyl halides is 1. The third-order valence-corrected chi connectivity index (χ3v) is 7.45. The number of nitrogens with one attached hydrogen (secondary N) is 1. The molecular formula is C23H30FN4O3-. The molecule has 3 atom stereocenters. The van der Waals surface area contributed by atoms with Crippen LogP contribution in [0.2, 0.25) is 0 Å². The summed E-state index contributed by atoms with van der Waals surface area (Å²) in [6.07, 6.45) is 3.13. The second-order valence-corrected chi connectivity index (χ2v) is 9.30. The minimum absolute atomic E-state index is 0.00305. The number of hydroxylamine groups is 2. The monoisotopic (exact) mass is 429 g/mol. The van der Waals surface area contributed by atoms with E-state index < -0.39 is 17.8 Å². The molecule has 8 heteroatoms. The van der Waals surface area contributed by atoms with Crippen LogP contribution in [0.4, 0.5) is 4.39 Å². The van der Waals surface area contributed by atoms with Crippen molar-refractivity contribution in [3.05, 3.63) is 41.1 Å². The zero-order valence-corrected chi connectivity index (χ0v) is 17.9. The van der Waals surface area contributed by atoms with E-state index in [1.54, 1.807) is 0 Å². The summed E-state index contributed by atoms with van der Waals surface area (Å²) < 4.78 is 13.6. The highest BCUT2D eigenvalue weighted by atomic mass is 19.1. The first-order valence-corrected chi connectivity index (χ1v) is 11.1. The molecule has 0 aromatic heterocycles. The number of carbonyl (C=O) groups is 1. The second-order valence-electron chi connectivity index (χ2n) is 9.30. The largest absolute Gasteiger partial charge is 0.762 e. The molecule has 2 unspecified atom stereocenters. The maximum absolute atomic E-state index is 13.6. The molecule has 2 bridgehead atoms. The number of nitriles is 1. The highest BCUT2D eigenvalue weighted by Crippen LogP contribution is 2.50. The first kappa shape index (κ1) is 22.2. The van der Waals surface area contributed by atoms with Crippen molar-refractivity contribution in [2.45, 2.75) is 81.3 Å². The predicted molar refractivity (Wildman–Crippen MR) is 113 cm³/mol. The topological polar surface area (TPSA) is 91.7 Å². The van der Waals surface area contributed by atoms with Crippen LogP contribution in [0.25, 0.3) is 0 Å². The van der Waals surface area contributed by atoms with Crippen LogP contribution in [-0.4, -0.2) is 52.4 Å². The molecule has 168 valence electrons. The number of likely N-dealkylation sites (tertiary alicyclic amines) is 1. The van der Waals surface area contributed by atoms with Crippen molar-refractivity contribution in [2.24, 2.45) is 0 Å². The lowest BCUT2D eigenvalue weighted by atomic mass is 9.61. The molecule has 1 amide bonds. The minimum atomic E-state index is -1.13. The maximum Gasteiger partial charge on any atom is 0.237 e. The van der Waals surface area contributed by atoms with E-state index in [-0.39, 0.29) is 37.1 Å². The number of nitrogens with zero attached hydrogens (tertiary/aromatic N) is 3. The van der Waals surface area contributed by atoms with Gasteiger partial charge in [0.05, 0.1) is 19.2 Å². The molecule has 7 nitrogen and oxygen atoms in total. The van der Waals surface area contributed by atoms with E-state index in [0.717, 1.165) is 30.1 Å². The Kier molecular flexibility index (Phi) is 6.31. The van der Waals surface area contributed by atoms with Crippen LogP contribution in [0.5, 0.6) is 0 Å². The van der Waals surface area contributed by atoms with Crippen LogP contribution >= 0.6 is 0 Å². The van der Waals surface area contributed by atoms with Gasteiger partial charge in [-0.1, -0.05) is 30.3 Å². The van der Waals surface area contributed by atoms with Gasteiger partial charge in [-0.3, -0.25) is 10.0 Å². The fourth-order valence-corrected chi connectivity index (χ4v) is 5.29. The first-order valence-electron chi connectivity index (χ1n) is 11.1. The Morgan fingerprint density at radius 3 is 2.58 bits per heavy atom. The summed E-state index contributed by atoms with van der Waals surface area (Å²) >= 11 is 0. The van der Waals surface area contributed by atoms with Gasteiger partial charge in [-0.25, -0.2) is 4.39 Å². The van der Waals surface area contributed by atoms with Crippen LogP contribution in [0.3, 0.4) is 0 Å². The Labute approximate surface area is 182 Å². The summed E-state index contributed by atoms with van der Waals surface area (Å²) in [6, 6.07) is 11.0. The van der Waals surface area contributed by atoms with Gasteiger partial charge in [0.2, 0.25) is 5.91 Å². The molecule has 0 spiro atoms. The summed E-state index contributed by atoms with van der Waals surface area (Å²) in [5.74, 6) is -0.228. The lowest BCUT2D eigenvalue weighted by molar-refractivity contribution is -0.241. The van der Waals surface area contributed by atoms with Gasteiger partial charge in [0.15, 0.2) is 0 Å². The van der Waals surface area contributed by atoms with E-state index in [1.807, 2.05) is 43.3 Å². The second kappa shape index (κ2) is 8.83. The smallest absolute Gasteiger partial charge is 0.237 e. The summed E-state index contributed by atoms with van der Waals surface area (Å²) in [5, 5.41) is 26.3. The van der Waals surface area contributed by atoms with Gasteiger partial charge in [0, 0.05) is 17.5 Å². The van der Waals surface area contributed by atoms with Gasteiger partial charge in [-0.15, -0.1) is 0 Å². The number of hydrogen-bond acceptors (Lipinski definition) is 6. The zero-order valence-electron chi connectivity index (χ0n) is 17.9. The summed E-state index contributed by atoms with van der Waals surface area (Å²) in [4.78, 5) is 19.7. The Hall–Kier alpha value is -2.05. The normalized spacial score (nSPS) is 33.5. The van der Waals surface area contributed by atoms with E-state index in [4.69, 9.17) is 10.1 Å². The quantitative estimate of drug-likeness (QED) is 0.668. The van der Waals surface area contributed by atoms with Gasteiger partial charge in [-0.05, 0) is 51.0 Å². The third kappa shape index (κ3) is 4.46. The van der Waals surface area contributed by atoms with E-state index in [9.17, 15) is 14.4 Å². The highest BCUT2D eigenvalue weighted by Gasteiger charge is 2.50. The van der Waals surface area contributed by atoms with Crippen molar-refractivity contribution in [3.63, 3.8) is 0 Å². The fourth-order valence-electron chi connectivity index (χ4n) is 5.29. The lowest BCUT2D eigenvalue weighted by Crippen LogP contribution is -2.62. The van der Waals surface area contributed by atoms with Crippen molar-refractivity contribution >= 4 is 5.91 Å². The third-order valence-electron chi connectivity index (χ3n) is 7.45. The molecule has 4 fully saturated rings. The van der Waals surface area contributed by atoms with Crippen molar-refractivity contribution < 1.29 is 14.0 Å². The van der Waals surface area contributed by atoms with E-state index >= 15 is 0 Å². The van der Waals surface area contributed by atoms with Gasteiger partial charge in [-0.2, -0.15) is 5.26 Å². The molecule has 31 heavy (non-hydrogen) atoms. The van der Waals surface area contributed by atoms with E-state index in [2.05, 4.69) is 5.32 Å². The van der Waals surface area contributed by atoms with Crippen LogP contribution in [-0.2, 0) is 9.63 Å². The SMILES string of the molecule is CC(ON([O-])C12CCC(NCC(=O)N3C[C@@H](F)CC3C#N)(CC1)CC2)c1ccccc1. The van der Waals surface area contributed by atoms with Crippen molar-refractivity contribution in [1.82, 2.24) is 15.4 Å². The fraction of sp³-hybridized carbons (Fsp3) is 0.652. The van der Waals surface area contributed by atoms with Gasteiger partial charge >= 0.3 is 0 Å². The van der Waals surface area contributed by atoms with E-state index in [1.165, 1.54) is 4.90 Å². The molecule has 1 saturated heterocycles. The first-order chi connectivity index (χ1) is 14.9. The number of carbonyl (C=O) groups excluding carboxylic acids is 1. The molecule has 1 aliphatic heterocycles. The number of benzene rings is 1. The van der Waals surface area contributed by atoms with Crippen LogP contribution in [0.15, 0.2) is 30.3 Å².